The lowest BCUT2D eigenvalue weighted by Gasteiger charge is -2.10. The number of sulfonamides is 1. The molecule has 0 aromatic heterocycles. The number of hydrogen-bond donors (Lipinski definition) is 2. The summed E-state index contributed by atoms with van der Waals surface area (Å²) in [6, 6.07) is 7.01. The van der Waals surface area contributed by atoms with Crippen molar-refractivity contribution in [1.82, 2.24) is 4.72 Å². The SMILES string of the molecule is CNS(=O)(=O)c1cc(C(=O)OCC(=O)Nc2ccc(OC(F)F)c(Cl)c2)ccc1Cl. The molecule has 0 aliphatic rings. The molecule has 162 valence electrons. The van der Waals surface area contributed by atoms with E-state index in [1.807, 2.05) is 0 Å². The Labute approximate surface area is 180 Å². The van der Waals surface area contributed by atoms with Gasteiger partial charge in [0, 0.05) is 5.69 Å². The van der Waals surface area contributed by atoms with Gasteiger partial charge in [-0.1, -0.05) is 23.2 Å². The smallest absolute Gasteiger partial charge is 0.387 e. The van der Waals surface area contributed by atoms with Gasteiger partial charge in [-0.3, -0.25) is 4.79 Å². The molecule has 0 atom stereocenters. The Bertz CT molecular complexity index is 1070. The van der Waals surface area contributed by atoms with Crippen LogP contribution in [0, 0.1) is 0 Å². The maximum atomic E-state index is 12.2. The number of halogens is 4. The van der Waals surface area contributed by atoms with Gasteiger partial charge < -0.3 is 14.8 Å². The first-order valence-corrected chi connectivity index (χ1v) is 10.2. The van der Waals surface area contributed by atoms with E-state index in [1.54, 1.807) is 0 Å². The molecule has 0 unspecified atom stereocenters. The fourth-order valence-corrected chi connectivity index (χ4v) is 3.60. The van der Waals surface area contributed by atoms with Gasteiger partial charge in [0.15, 0.2) is 6.61 Å². The van der Waals surface area contributed by atoms with Crippen molar-refractivity contribution < 1.29 is 36.3 Å². The Hall–Kier alpha value is -2.47. The molecule has 0 bridgehead atoms. The van der Waals surface area contributed by atoms with E-state index in [9.17, 15) is 26.8 Å². The molecule has 1 amide bonds. The van der Waals surface area contributed by atoms with Crippen LogP contribution in [-0.4, -0.2) is 40.6 Å². The quantitative estimate of drug-likeness (QED) is 0.558. The molecule has 0 saturated carbocycles. The van der Waals surface area contributed by atoms with Crippen LogP contribution in [0.1, 0.15) is 10.4 Å². The molecule has 0 fully saturated rings. The van der Waals surface area contributed by atoms with Crippen molar-refractivity contribution >= 4 is 50.8 Å². The number of ether oxygens (including phenoxy) is 2. The van der Waals surface area contributed by atoms with Crippen molar-refractivity contribution in [3.8, 4) is 5.75 Å². The van der Waals surface area contributed by atoms with Crippen molar-refractivity contribution in [3.05, 3.63) is 52.0 Å². The van der Waals surface area contributed by atoms with Gasteiger partial charge in [0.05, 0.1) is 15.6 Å². The average Bonchev–Trinajstić information content (AvgIpc) is 2.68. The Morgan fingerprint density at radius 2 is 1.80 bits per heavy atom. The number of esters is 1. The number of anilines is 1. The average molecular weight is 483 g/mol. The van der Waals surface area contributed by atoms with Gasteiger partial charge in [0.25, 0.3) is 5.91 Å². The lowest BCUT2D eigenvalue weighted by molar-refractivity contribution is -0.119. The maximum absolute atomic E-state index is 12.2. The molecule has 0 heterocycles. The van der Waals surface area contributed by atoms with Crippen molar-refractivity contribution in [2.45, 2.75) is 11.5 Å². The summed E-state index contributed by atoms with van der Waals surface area (Å²) in [5.41, 5.74) is 0.00845. The van der Waals surface area contributed by atoms with Gasteiger partial charge in [0.2, 0.25) is 10.0 Å². The van der Waals surface area contributed by atoms with Crippen LogP contribution in [0.4, 0.5) is 14.5 Å². The molecule has 2 N–H and O–H groups in total. The molecule has 13 heteroatoms. The summed E-state index contributed by atoms with van der Waals surface area (Å²) in [4.78, 5) is 23.7. The van der Waals surface area contributed by atoms with E-state index >= 15 is 0 Å². The summed E-state index contributed by atoms with van der Waals surface area (Å²) >= 11 is 11.6. The van der Waals surface area contributed by atoms with Gasteiger partial charge >= 0.3 is 12.6 Å². The van der Waals surface area contributed by atoms with Gasteiger partial charge in [-0.25, -0.2) is 17.9 Å². The van der Waals surface area contributed by atoms with Gasteiger partial charge in [0.1, 0.15) is 10.6 Å². The first-order chi connectivity index (χ1) is 14.0. The van der Waals surface area contributed by atoms with E-state index in [0.29, 0.717) is 0 Å². The molecule has 0 spiro atoms. The zero-order valence-corrected chi connectivity index (χ0v) is 17.4. The number of carbonyl (C=O) groups is 2. The second kappa shape index (κ2) is 10.0. The van der Waals surface area contributed by atoms with Gasteiger partial charge in [-0.2, -0.15) is 8.78 Å². The number of hydrogen-bond acceptors (Lipinski definition) is 6. The lowest BCUT2D eigenvalue weighted by atomic mass is 10.2. The molecular weight excluding hydrogens is 469 g/mol. The number of amides is 1. The topological polar surface area (TPSA) is 111 Å². The van der Waals surface area contributed by atoms with Crippen molar-refractivity contribution in [1.29, 1.82) is 0 Å². The third-order valence-corrected chi connectivity index (χ3v) is 5.68. The van der Waals surface area contributed by atoms with Crippen LogP contribution in [-0.2, 0) is 19.6 Å². The zero-order chi connectivity index (χ0) is 22.5. The fourth-order valence-electron chi connectivity index (χ4n) is 2.13. The highest BCUT2D eigenvalue weighted by atomic mass is 35.5. The van der Waals surface area contributed by atoms with Crippen LogP contribution in [0.2, 0.25) is 10.0 Å². The number of rotatable bonds is 8. The minimum absolute atomic E-state index is 0.102. The predicted octanol–water partition coefficient (Wildman–Crippen LogP) is 3.30. The second-order valence-corrected chi connectivity index (χ2v) is 8.17. The van der Waals surface area contributed by atoms with Gasteiger partial charge in [-0.15, -0.1) is 0 Å². The highest BCUT2D eigenvalue weighted by Gasteiger charge is 2.20. The molecule has 2 aromatic rings. The molecule has 8 nitrogen and oxygen atoms in total. The van der Waals surface area contributed by atoms with E-state index in [-0.39, 0.29) is 31.9 Å². The summed E-state index contributed by atoms with van der Waals surface area (Å²) in [5.74, 6) is -1.99. The molecular formula is C17H14Cl2F2N2O6S. The van der Waals surface area contributed by atoms with Crippen LogP contribution in [0.15, 0.2) is 41.3 Å². The summed E-state index contributed by atoms with van der Waals surface area (Å²) in [5, 5.41) is 2.09. The van der Waals surface area contributed by atoms with E-state index in [4.69, 9.17) is 27.9 Å². The van der Waals surface area contributed by atoms with E-state index in [2.05, 4.69) is 14.8 Å². The summed E-state index contributed by atoms with van der Waals surface area (Å²) < 4.78 is 59.3. The summed E-state index contributed by atoms with van der Waals surface area (Å²) in [6.45, 7) is -3.76. The Kier molecular flexibility index (Phi) is 7.96. The molecule has 0 aliphatic carbocycles. The lowest BCUT2D eigenvalue weighted by Crippen LogP contribution is -2.22. The zero-order valence-electron chi connectivity index (χ0n) is 15.1. The summed E-state index contributed by atoms with van der Waals surface area (Å²) in [7, 11) is -2.73. The van der Waals surface area contributed by atoms with Gasteiger partial charge in [-0.05, 0) is 43.4 Å². The minimum Gasteiger partial charge on any atom is -0.452 e. The molecule has 2 rings (SSSR count). The number of alkyl halides is 2. The van der Waals surface area contributed by atoms with Crippen LogP contribution < -0.4 is 14.8 Å². The fraction of sp³-hybridized carbons (Fsp3) is 0.176. The molecule has 0 aliphatic heterocycles. The van der Waals surface area contributed by atoms with E-state index in [0.717, 1.165) is 12.1 Å². The first kappa shape index (κ1) is 23.8. The Morgan fingerprint density at radius 3 is 2.40 bits per heavy atom. The highest BCUT2D eigenvalue weighted by Crippen LogP contribution is 2.29. The van der Waals surface area contributed by atoms with Crippen LogP contribution >= 0.6 is 23.2 Å². The highest BCUT2D eigenvalue weighted by molar-refractivity contribution is 7.89. The first-order valence-electron chi connectivity index (χ1n) is 7.98. The number of nitrogens with one attached hydrogen (secondary N) is 2. The van der Waals surface area contributed by atoms with Crippen LogP contribution in [0.25, 0.3) is 0 Å². The monoisotopic (exact) mass is 482 g/mol. The largest absolute Gasteiger partial charge is 0.452 e. The van der Waals surface area contributed by atoms with E-state index in [1.165, 1.54) is 31.3 Å². The number of carbonyl (C=O) groups excluding carboxylic acids is 2. The van der Waals surface area contributed by atoms with Crippen LogP contribution in [0.5, 0.6) is 5.75 Å². The Balaban J connectivity index is 2.01. The van der Waals surface area contributed by atoms with Crippen molar-refractivity contribution in [2.75, 3.05) is 19.0 Å². The van der Waals surface area contributed by atoms with E-state index < -0.39 is 35.1 Å². The summed E-state index contributed by atoms with van der Waals surface area (Å²) in [6.07, 6.45) is 0. The normalized spacial score (nSPS) is 11.3. The third kappa shape index (κ3) is 6.26. The standard InChI is InChI=1S/C17H14Cl2F2N2O6S/c1-22-30(26,27)14-6-9(2-4-11(14)18)16(25)28-8-15(24)23-10-3-5-13(12(19)7-10)29-17(20)21/h2-7,17,22H,8H2,1H3,(H,23,24). The van der Waals surface area contributed by atoms with Crippen LogP contribution in [0.3, 0.4) is 0 Å². The maximum Gasteiger partial charge on any atom is 0.387 e. The number of benzene rings is 2. The van der Waals surface area contributed by atoms with Crippen molar-refractivity contribution in [3.63, 3.8) is 0 Å². The van der Waals surface area contributed by atoms with Crippen molar-refractivity contribution in [2.24, 2.45) is 0 Å². The minimum atomic E-state index is -3.91. The third-order valence-electron chi connectivity index (χ3n) is 3.49. The second-order valence-electron chi connectivity index (χ2n) is 5.50. The predicted molar refractivity (Wildman–Crippen MR) is 105 cm³/mol. The molecule has 0 saturated heterocycles. The molecule has 0 radical (unpaired) electrons. The molecule has 2 aromatic carbocycles. The Morgan fingerprint density at radius 1 is 1.10 bits per heavy atom. The molecule has 30 heavy (non-hydrogen) atoms.